The van der Waals surface area contributed by atoms with Gasteiger partial charge in [-0.15, -0.1) is 0 Å². The third kappa shape index (κ3) is 5.00. The summed E-state index contributed by atoms with van der Waals surface area (Å²) in [5.41, 5.74) is 3.20. The van der Waals surface area contributed by atoms with Crippen LogP contribution in [0.5, 0.6) is 0 Å². The number of anilines is 1. The van der Waals surface area contributed by atoms with Crippen molar-refractivity contribution < 1.29 is 4.79 Å². The molecule has 2 N–H and O–H groups in total. The zero-order chi connectivity index (χ0) is 12.8. The Kier molecular flexibility index (Phi) is 5.16. The fraction of sp³-hybridized carbons (Fsp3) is 0.500. The van der Waals surface area contributed by atoms with Crippen LogP contribution in [0, 0.1) is 13.8 Å². The normalized spacial score (nSPS) is 12.2. The van der Waals surface area contributed by atoms with Gasteiger partial charge in [-0.05, 0) is 50.5 Å². The molecule has 0 aromatic heterocycles. The second-order valence-corrected chi connectivity index (χ2v) is 4.61. The molecule has 94 valence electrons. The minimum Gasteiger partial charge on any atom is -0.325 e. The summed E-state index contributed by atoms with van der Waals surface area (Å²) in [4.78, 5) is 11.7. The molecule has 0 radical (unpaired) electrons. The maximum Gasteiger partial charge on any atom is 0.238 e. The third-order valence-corrected chi connectivity index (χ3v) is 2.73. The first-order chi connectivity index (χ1) is 8.01. The summed E-state index contributed by atoms with van der Waals surface area (Å²) in [6, 6.07) is 6.43. The molecule has 1 aromatic rings. The van der Waals surface area contributed by atoms with E-state index in [2.05, 4.69) is 30.5 Å². The van der Waals surface area contributed by atoms with Gasteiger partial charge in [0.25, 0.3) is 0 Å². The molecule has 1 aromatic carbocycles. The summed E-state index contributed by atoms with van der Waals surface area (Å²) in [5, 5.41) is 6.07. The molecule has 0 saturated heterocycles. The summed E-state index contributed by atoms with van der Waals surface area (Å²) in [6.07, 6.45) is 1.02. The molecule has 3 nitrogen and oxygen atoms in total. The summed E-state index contributed by atoms with van der Waals surface area (Å²) in [5.74, 6) is 0.00954. The summed E-state index contributed by atoms with van der Waals surface area (Å²) in [6.45, 7) is 8.59. The third-order valence-electron chi connectivity index (χ3n) is 2.73. The van der Waals surface area contributed by atoms with E-state index in [1.165, 1.54) is 0 Å². The zero-order valence-corrected chi connectivity index (χ0v) is 11.1. The second-order valence-electron chi connectivity index (χ2n) is 4.61. The smallest absolute Gasteiger partial charge is 0.238 e. The van der Waals surface area contributed by atoms with Crippen LogP contribution in [0.1, 0.15) is 31.4 Å². The summed E-state index contributed by atoms with van der Waals surface area (Å²) in [7, 11) is 0. The minimum atomic E-state index is 0.00954. The first-order valence-electron chi connectivity index (χ1n) is 6.12. The lowest BCUT2D eigenvalue weighted by molar-refractivity contribution is -0.115. The lowest BCUT2D eigenvalue weighted by Gasteiger charge is -2.12. The number of aryl methyl sites for hydroxylation is 2. The average Bonchev–Trinajstić information content (AvgIpc) is 2.24. The fourth-order valence-electron chi connectivity index (χ4n) is 1.66. The number of benzene rings is 1. The van der Waals surface area contributed by atoms with Gasteiger partial charge in [-0.25, -0.2) is 0 Å². The van der Waals surface area contributed by atoms with Gasteiger partial charge in [-0.3, -0.25) is 4.79 Å². The van der Waals surface area contributed by atoms with Crippen molar-refractivity contribution in [1.29, 1.82) is 0 Å². The van der Waals surface area contributed by atoms with Crippen LogP contribution in [0.3, 0.4) is 0 Å². The van der Waals surface area contributed by atoms with Gasteiger partial charge >= 0.3 is 0 Å². The standard InChI is InChI=1S/C14H22N2O/c1-5-12(4)15-9-14(17)16-13-7-10(2)6-11(3)8-13/h6-8,12,15H,5,9H2,1-4H3,(H,16,17). The van der Waals surface area contributed by atoms with Crippen LogP contribution in [0.4, 0.5) is 5.69 Å². The van der Waals surface area contributed by atoms with Gasteiger partial charge in [0.05, 0.1) is 6.54 Å². The molecule has 1 amide bonds. The largest absolute Gasteiger partial charge is 0.325 e. The number of hydrogen-bond acceptors (Lipinski definition) is 2. The van der Waals surface area contributed by atoms with Crippen LogP contribution in [0.2, 0.25) is 0 Å². The number of carbonyl (C=O) groups excluding carboxylic acids is 1. The van der Waals surface area contributed by atoms with Crippen molar-refractivity contribution in [3.8, 4) is 0 Å². The maximum absolute atomic E-state index is 11.7. The van der Waals surface area contributed by atoms with Crippen molar-refractivity contribution in [3.05, 3.63) is 29.3 Å². The predicted octanol–water partition coefficient (Wildman–Crippen LogP) is 2.63. The monoisotopic (exact) mass is 234 g/mol. The highest BCUT2D eigenvalue weighted by atomic mass is 16.1. The van der Waals surface area contributed by atoms with Crippen molar-refractivity contribution in [2.45, 2.75) is 40.2 Å². The maximum atomic E-state index is 11.7. The van der Waals surface area contributed by atoms with Crippen molar-refractivity contribution in [2.75, 3.05) is 11.9 Å². The Bertz CT molecular complexity index is 368. The first-order valence-corrected chi connectivity index (χ1v) is 6.12. The minimum absolute atomic E-state index is 0.00954. The highest BCUT2D eigenvalue weighted by Crippen LogP contribution is 2.13. The molecule has 0 aliphatic heterocycles. The molecule has 3 heteroatoms. The van der Waals surface area contributed by atoms with E-state index in [1.807, 2.05) is 26.0 Å². The Morgan fingerprint density at radius 1 is 1.24 bits per heavy atom. The van der Waals surface area contributed by atoms with Crippen LogP contribution >= 0.6 is 0 Å². The number of hydrogen-bond donors (Lipinski definition) is 2. The second kappa shape index (κ2) is 6.40. The van der Waals surface area contributed by atoms with E-state index < -0.39 is 0 Å². The van der Waals surface area contributed by atoms with Crippen LogP contribution in [-0.2, 0) is 4.79 Å². The van der Waals surface area contributed by atoms with E-state index in [9.17, 15) is 4.79 Å². The SMILES string of the molecule is CCC(C)NCC(=O)Nc1cc(C)cc(C)c1. The van der Waals surface area contributed by atoms with Crippen molar-refractivity contribution in [1.82, 2.24) is 5.32 Å². The molecule has 0 fully saturated rings. The quantitative estimate of drug-likeness (QED) is 0.822. The van der Waals surface area contributed by atoms with Gasteiger partial charge < -0.3 is 10.6 Å². The van der Waals surface area contributed by atoms with E-state index in [1.54, 1.807) is 0 Å². The molecule has 1 unspecified atom stereocenters. The van der Waals surface area contributed by atoms with Gasteiger partial charge in [0.1, 0.15) is 0 Å². The highest BCUT2D eigenvalue weighted by molar-refractivity contribution is 5.92. The Morgan fingerprint density at radius 2 is 1.82 bits per heavy atom. The number of amides is 1. The molecule has 0 aliphatic carbocycles. The average molecular weight is 234 g/mol. The molecular formula is C14H22N2O. The van der Waals surface area contributed by atoms with Crippen molar-refractivity contribution >= 4 is 11.6 Å². The van der Waals surface area contributed by atoms with E-state index >= 15 is 0 Å². The summed E-state index contributed by atoms with van der Waals surface area (Å²) >= 11 is 0. The molecule has 0 saturated carbocycles. The van der Waals surface area contributed by atoms with Gasteiger partial charge in [0.2, 0.25) is 5.91 Å². The molecule has 0 aliphatic rings. The van der Waals surface area contributed by atoms with Crippen LogP contribution in [0.15, 0.2) is 18.2 Å². The highest BCUT2D eigenvalue weighted by Gasteiger charge is 2.05. The fourth-order valence-corrected chi connectivity index (χ4v) is 1.66. The predicted molar refractivity (Wildman–Crippen MR) is 72.3 cm³/mol. The van der Waals surface area contributed by atoms with Gasteiger partial charge in [0.15, 0.2) is 0 Å². The summed E-state index contributed by atoms with van der Waals surface area (Å²) < 4.78 is 0. The molecular weight excluding hydrogens is 212 g/mol. The topological polar surface area (TPSA) is 41.1 Å². The zero-order valence-electron chi connectivity index (χ0n) is 11.1. The van der Waals surface area contributed by atoms with Gasteiger partial charge in [-0.1, -0.05) is 13.0 Å². The number of carbonyl (C=O) groups is 1. The number of rotatable bonds is 5. The molecule has 1 atom stereocenters. The first kappa shape index (κ1) is 13.7. The van der Waals surface area contributed by atoms with E-state index in [0.717, 1.165) is 23.2 Å². The molecule has 0 spiro atoms. The van der Waals surface area contributed by atoms with E-state index in [0.29, 0.717) is 12.6 Å². The van der Waals surface area contributed by atoms with E-state index in [-0.39, 0.29) is 5.91 Å². The lowest BCUT2D eigenvalue weighted by atomic mass is 10.1. The Labute approximate surface area is 104 Å². The Morgan fingerprint density at radius 3 is 2.35 bits per heavy atom. The Balaban J connectivity index is 2.50. The van der Waals surface area contributed by atoms with Crippen molar-refractivity contribution in [2.24, 2.45) is 0 Å². The lowest BCUT2D eigenvalue weighted by Crippen LogP contribution is -2.33. The molecule has 0 bridgehead atoms. The molecule has 17 heavy (non-hydrogen) atoms. The van der Waals surface area contributed by atoms with Crippen LogP contribution in [0.25, 0.3) is 0 Å². The molecule has 1 rings (SSSR count). The van der Waals surface area contributed by atoms with Gasteiger partial charge in [0, 0.05) is 11.7 Å². The Hall–Kier alpha value is -1.35. The van der Waals surface area contributed by atoms with Crippen LogP contribution in [-0.4, -0.2) is 18.5 Å². The van der Waals surface area contributed by atoms with E-state index in [4.69, 9.17) is 0 Å². The number of nitrogens with one attached hydrogen (secondary N) is 2. The van der Waals surface area contributed by atoms with Crippen molar-refractivity contribution in [3.63, 3.8) is 0 Å². The van der Waals surface area contributed by atoms with Crippen LogP contribution < -0.4 is 10.6 Å². The van der Waals surface area contributed by atoms with Gasteiger partial charge in [-0.2, -0.15) is 0 Å². The molecule has 0 heterocycles.